The van der Waals surface area contributed by atoms with Crippen LogP contribution in [0.25, 0.3) is 0 Å². The predicted octanol–water partition coefficient (Wildman–Crippen LogP) is 3.39. The zero-order valence-electron chi connectivity index (χ0n) is 19.7. The van der Waals surface area contributed by atoms with E-state index in [4.69, 9.17) is 16.6 Å². The molecule has 1 N–H and O–H groups in total. The zero-order chi connectivity index (χ0) is 23.5. The number of halogens is 1. The Morgan fingerprint density at radius 3 is 2.61 bits per heavy atom. The van der Waals surface area contributed by atoms with Crippen LogP contribution in [-0.4, -0.2) is 84.8 Å². The first kappa shape index (κ1) is 25.7. The number of likely N-dealkylation sites (tertiary alicyclic amines) is 1. The Kier molecular flexibility index (Phi) is 10.7. The molecular weight excluding hydrogens is 456 g/mol. The van der Waals surface area contributed by atoms with E-state index in [1.807, 2.05) is 18.2 Å². The summed E-state index contributed by atoms with van der Waals surface area (Å²) in [6, 6.07) is 12.1. The molecule has 1 aliphatic heterocycles. The maximum Gasteiger partial charge on any atom is 0.230 e. The number of carbonyl (C=O) groups excluding carboxylic acids is 1. The Labute approximate surface area is 206 Å². The van der Waals surface area contributed by atoms with Crippen LogP contribution in [0.3, 0.4) is 0 Å². The summed E-state index contributed by atoms with van der Waals surface area (Å²) in [4.78, 5) is 28.1. The van der Waals surface area contributed by atoms with Crippen molar-refractivity contribution in [2.45, 2.75) is 31.0 Å². The number of hydrogen-bond donors (Lipinski definition) is 1. The van der Waals surface area contributed by atoms with Gasteiger partial charge in [0, 0.05) is 38.8 Å². The number of piperidine rings is 1. The summed E-state index contributed by atoms with van der Waals surface area (Å²) in [7, 11) is 4.11. The van der Waals surface area contributed by atoms with Gasteiger partial charge < -0.3 is 20.0 Å². The van der Waals surface area contributed by atoms with Gasteiger partial charge in [0.15, 0.2) is 5.16 Å². The molecule has 0 bridgehead atoms. The smallest absolute Gasteiger partial charge is 0.230 e. The third-order valence-corrected chi connectivity index (χ3v) is 6.59. The van der Waals surface area contributed by atoms with Crippen LogP contribution in [0, 0.1) is 0 Å². The van der Waals surface area contributed by atoms with Crippen molar-refractivity contribution in [1.29, 1.82) is 0 Å². The molecule has 1 aromatic carbocycles. The van der Waals surface area contributed by atoms with Gasteiger partial charge in [-0.05, 0) is 45.6 Å². The van der Waals surface area contributed by atoms with Gasteiger partial charge in [-0.25, -0.2) is 9.97 Å². The fourth-order valence-electron chi connectivity index (χ4n) is 3.73. The number of amides is 1. The summed E-state index contributed by atoms with van der Waals surface area (Å²) in [5.41, 5.74) is 1.20. The quantitative estimate of drug-likeness (QED) is 0.278. The van der Waals surface area contributed by atoms with Crippen molar-refractivity contribution in [2.24, 2.45) is 0 Å². The van der Waals surface area contributed by atoms with Crippen LogP contribution in [0.15, 0.2) is 41.6 Å². The Bertz CT molecular complexity index is 863. The molecule has 1 aliphatic rings. The first-order valence-corrected chi connectivity index (χ1v) is 13.0. The molecule has 0 radical (unpaired) electrons. The Hall–Kier alpha value is -1.87. The first-order chi connectivity index (χ1) is 16.0. The standard InChI is InChI=1S/C24H35ClN6OS/c1-29(2)15-16-31(18-20-9-5-3-6-10-20)22-17-21(25)27-24(28-22)33-19-23(32)26-11-14-30-12-7-4-8-13-30/h3,5-6,9-10,17H,4,7-8,11-16,18-19H2,1-2H3,(H,26,32). The fourth-order valence-corrected chi connectivity index (χ4v) is 4.64. The summed E-state index contributed by atoms with van der Waals surface area (Å²) in [5.74, 6) is 1.04. The molecule has 3 rings (SSSR count). The molecule has 7 nitrogen and oxygen atoms in total. The molecule has 0 spiro atoms. The number of thioether (sulfide) groups is 1. The molecule has 1 aromatic heterocycles. The minimum absolute atomic E-state index is 0.00381. The number of rotatable bonds is 12. The first-order valence-electron chi connectivity index (χ1n) is 11.6. The second kappa shape index (κ2) is 13.7. The number of hydrogen-bond acceptors (Lipinski definition) is 7. The highest BCUT2D eigenvalue weighted by Crippen LogP contribution is 2.23. The molecule has 0 atom stereocenters. The predicted molar refractivity (Wildman–Crippen MR) is 137 cm³/mol. The number of nitrogens with zero attached hydrogens (tertiary/aromatic N) is 5. The molecule has 0 saturated carbocycles. The van der Waals surface area contributed by atoms with Crippen molar-refractivity contribution < 1.29 is 4.79 Å². The van der Waals surface area contributed by atoms with Gasteiger partial charge in [0.2, 0.25) is 5.91 Å². The van der Waals surface area contributed by atoms with E-state index in [1.165, 1.54) is 36.6 Å². The Morgan fingerprint density at radius 1 is 1.12 bits per heavy atom. The normalized spacial score (nSPS) is 14.4. The minimum Gasteiger partial charge on any atom is -0.354 e. The van der Waals surface area contributed by atoms with Crippen molar-refractivity contribution in [3.05, 3.63) is 47.1 Å². The van der Waals surface area contributed by atoms with E-state index in [9.17, 15) is 4.79 Å². The van der Waals surface area contributed by atoms with Gasteiger partial charge in [0.25, 0.3) is 0 Å². The van der Waals surface area contributed by atoms with E-state index in [0.717, 1.165) is 45.1 Å². The summed E-state index contributed by atoms with van der Waals surface area (Å²) < 4.78 is 0. The van der Waals surface area contributed by atoms with Gasteiger partial charge >= 0.3 is 0 Å². The molecule has 2 heterocycles. The monoisotopic (exact) mass is 490 g/mol. The Balaban J connectivity index is 1.57. The zero-order valence-corrected chi connectivity index (χ0v) is 21.2. The maximum atomic E-state index is 12.3. The lowest BCUT2D eigenvalue weighted by atomic mass is 10.1. The largest absolute Gasteiger partial charge is 0.354 e. The van der Waals surface area contributed by atoms with E-state index in [0.29, 0.717) is 16.9 Å². The van der Waals surface area contributed by atoms with E-state index < -0.39 is 0 Å². The highest BCUT2D eigenvalue weighted by molar-refractivity contribution is 7.99. The lowest BCUT2D eigenvalue weighted by molar-refractivity contribution is -0.118. The molecule has 33 heavy (non-hydrogen) atoms. The van der Waals surface area contributed by atoms with Gasteiger partial charge in [-0.1, -0.05) is 60.1 Å². The lowest BCUT2D eigenvalue weighted by Gasteiger charge is -2.26. The molecule has 1 amide bonds. The number of carbonyl (C=O) groups is 1. The fraction of sp³-hybridized carbons (Fsp3) is 0.542. The molecular formula is C24H35ClN6OS. The third-order valence-electron chi connectivity index (χ3n) is 5.55. The van der Waals surface area contributed by atoms with Crippen molar-refractivity contribution >= 4 is 35.1 Å². The second-order valence-electron chi connectivity index (χ2n) is 8.58. The van der Waals surface area contributed by atoms with Crippen molar-refractivity contribution in [2.75, 3.05) is 64.0 Å². The molecule has 2 aromatic rings. The highest BCUT2D eigenvalue weighted by Gasteiger charge is 2.15. The van der Waals surface area contributed by atoms with Crippen LogP contribution >= 0.6 is 23.4 Å². The van der Waals surface area contributed by atoms with Crippen LogP contribution in [0.5, 0.6) is 0 Å². The minimum atomic E-state index is -0.00381. The third kappa shape index (κ3) is 9.49. The average molecular weight is 491 g/mol. The van der Waals surface area contributed by atoms with Crippen LogP contribution < -0.4 is 10.2 Å². The molecule has 0 unspecified atom stereocenters. The number of anilines is 1. The number of likely N-dealkylation sites (N-methyl/N-ethyl adjacent to an activating group) is 1. The second-order valence-corrected chi connectivity index (χ2v) is 9.91. The number of nitrogens with one attached hydrogen (secondary N) is 1. The highest BCUT2D eigenvalue weighted by atomic mass is 35.5. The van der Waals surface area contributed by atoms with Gasteiger partial charge in [0.1, 0.15) is 11.0 Å². The van der Waals surface area contributed by atoms with Crippen LogP contribution in [0.2, 0.25) is 5.15 Å². The van der Waals surface area contributed by atoms with E-state index >= 15 is 0 Å². The molecule has 0 aliphatic carbocycles. The molecule has 9 heteroatoms. The summed E-state index contributed by atoms with van der Waals surface area (Å²) >= 11 is 7.66. The van der Waals surface area contributed by atoms with Gasteiger partial charge in [-0.3, -0.25) is 4.79 Å². The van der Waals surface area contributed by atoms with Gasteiger partial charge in [-0.2, -0.15) is 0 Å². The molecule has 1 saturated heterocycles. The Morgan fingerprint density at radius 2 is 1.88 bits per heavy atom. The number of benzene rings is 1. The summed E-state index contributed by atoms with van der Waals surface area (Å²) in [5, 5.41) is 3.92. The van der Waals surface area contributed by atoms with Gasteiger partial charge in [-0.15, -0.1) is 0 Å². The number of aromatic nitrogens is 2. The molecule has 1 fully saturated rings. The average Bonchev–Trinajstić information content (AvgIpc) is 2.81. The van der Waals surface area contributed by atoms with E-state index in [1.54, 1.807) is 6.07 Å². The van der Waals surface area contributed by atoms with Crippen molar-refractivity contribution in [3.63, 3.8) is 0 Å². The molecule has 180 valence electrons. The van der Waals surface area contributed by atoms with Crippen LogP contribution in [-0.2, 0) is 11.3 Å². The van der Waals surface area contributed by atoms with E-state index in [2.05, 4.69) is 51.2 Å². The summed E-state index contributed by atoms with van der Waals surface area (Å²) in [6.45, 7) is 6.27. The van der Waals surface area contributed by atoms with E-state index in [-0.39, 0.29) is 11.7 Å². The maximum absolute atomic E-state index is 12.3. The lowest BCUT2D eigenvalue weighted by Crippen LogP contribution is -2.38. The van der Waals surface area contributed by atoms with Crippen LogP contribution in [0.4, 0.5) is 5.82 Å². The summed E-state index contributed by atoms with van der Waals surface area (Å²) in [6.07, 6.45) is 3.83. The van der Waals surface area contributed by atoms with Crippen molar-refractivity contribution in [1.82, 2.24) is 25.1 Å². The van der Waals surface area contributed by atoms with Crippen molar-refractivity contribution in [3.8, 4) is 0 Å². The van der Waals surface area contributed by atoms with Gasteiger partial charge in [0.05, 0.1) is 5.75 Å². The SMILES string of the molecule is CN(C)CCN(Cc1ccccc1)c1cc(Cl)nc(SCC(=O)NCCN2CCCCC2)n1. The van der Waals surface area contributed by atoms with Crippen LogP contribution in [0.1, 0.15) is 24.8 Å². The topological polar surface area (TPSA) is 64.6 Å².